The van der Waals surface area contributed by atoms with Gasteiger partial charge < -0.3 is 9.88 Å². The van der Waals surface area contributed by atoms with E-state index < -0.39 is 0 Å². The second-order valence-electron chi connectivity index (χ2n) is 7.13. The van der Waals surface area contributed by atoms with Crippen molar-refractivity contribution in [3.8, 4) is 0 Å². The van der Waals surface area contributed by atoms with Crippen LogP contribution < -0.4 is 10.9 Å². The van der Waals surface area contributed by atoms with E-state index in [-0.39, 0.29) is 5.56 Å². The first-order valence-corrected chi connectivity index (χ1v) is 8.63. The molecule has 3 rings (SSSR count). The summed E-state index contributed by atoms with van der Waals surface area (Å²) in [6, 6.07) is 2.65. The van der Waals surface area contributed by atoms with Crippen molar-refractivity contribution in [3.05, 3.63) is 33.2 Å². The van der Waals surface area contributed by atoms with E-state index in [0.29, 0.717) is 12.0 Å². The van der Waals surface area contributed by atoms with Crippen LogP contribution in [0.5, 0.6) is 0 Å². The van der Waals surface area contributed by atoms with Crippen molar-refractivity contribution in [2.24, 2.45) is 5.92 Å². The van der Waals surface area contributed by atoms with E-state index >= 15 is 0 Å². The van der Waals surface area contributed by atoms with Crippen molar-refractivity contribution in [1.29, 1.82) is 0 Å². The predicted octanol–water partition coefficient (Wildman–Crippen LogP) is 3.20. The standard InChI is InChI=1S/C18H28N2O/c1-13(2)11-19-12-15-10-14-6-5-9-17(14)20(18(15)21)16-7-3-4-8-16/h10,13,16,19H,3-9,11-12H2,1-2H3. The molecule has 0 atom stereocenters. The molecule has 0 aliphatic heterocycles. The monoisotopic (exact) mass is 288 g/mol. The molecule has 3 nitrogen and oxygen atoms in total. The Morgan fingerprint density at radius 1 is 1.24 bits per heavy atom. The van der Waals surface area contributed by atoms with Crippen LogP contribution in [0.15, 0.2) is 10.9 Å². The summed E-state index contributed by atoms with van der Waals surface area (Å²) in [5.41, 5.74) is 4.03. The molecular weight excluding hydrogens is 260 g/mol. The second kappa shape index (κ2) is 6.35. The number of nitrogens with zero attached hydrogens (tertiary/aromatic N) is 1. The van der Waals surface area contributed by atoms with Gasteiger partial charge in [-0.1, -0.05) is 26.7 Å². The second-order valence-corrected chi connectivity index (χ2v) is 7.13. The Kier molecular flexibility index (Phi) is 4.48. The normalized spacial score (nSPS) is 18.6. The molecule has 0 saturated heterocycles. The summed E-state index contributed by atoms with van der Waals surface area (Å²) >= 11 is 0. The molecule has 0 unspecified atom stereocenters. The Morgan fingerprint density at radius 3 is 2.71 bits per heavy atom. The van der Waals surface area contributed by atoms with Crippen LogP contribution >= 0.6 is 0 Å². The lowest BCUT2D eigenvalue weighted by Gasteiger charge is -2.20. The molecule has 1 aromatic heterocycles. The zero-order valence-electron chi connectivity index (χ0n) is 13.5. The third-order valence-corrected chi connectivity index (χ3v) is 4.92. The molecule has 3 heteroatoms. The molecule has 2 aliphatic carbocycles. The fourth-order valence-corrected chi connectivity index (χ4v) is 3.90. The van der Waals surface area contributed by atoms with Crippen LogP contribution in [0.1, 0.15) is 68.8 Å². The molecule has 1 saturated carbocycles. The van der Waals surface area contributed by atoms with Gasteiger partial charge in [0.2, 0.25) is 0 Å². The van der Waals surface area contributed by atoms with Gasteiger partial charge in [-0.25, -0.2) is 0 Å². The highest BCUT2D eigenvalue weighted by molar-refractivity contribution is 5.31. The average Bonchev–Trinajstić information content (AvgIpc) is 3.09. The molecule has 0 spiro atoms. The Hall–Kier alpha value is -1.09. The summed E-state index contributed by atoms with van der Waals surface area (Å²) in [5.74, 6) is 0.622. The van der Waals surface area contributed by atoms with Gasteiger partial charge in [-0.3, -0.25) is 4.79 Å². The van der Waals surface area contributed by atoms with E-state index in [0.717, 1.165) is 31.5 Å². The quantitative estimate of drug-likeness (QED) is 0.903. The Labute approximate surface area is 127 Å². The highest BCUT2D eigenvalue weighted by atomic mass is 16.1. The van der Waals surface area contributed by atoms with Crippen LogP contribution in [0.3, 0.4) is 0 Å². The van der Waals surface area contributed by atoms with Crippen molar-refractivity contribution in [2.75, 3.05) is 6.54 Å². The molecule has 0 aromatic carbocycles. The third-order valence-electron chi connectivity index (χ3n) is 4.92. The van der Waals surface area contributed by atoms with Crippen LogP contribution in [0.2, 0.25) is 0 Å². The molecule has 21 heavy (non-hydrogen) atoms. The molecule has 1 heterocycles. The lowest BCUT2D eigenvalue weighted by Crippen LogP contribution is -2.32. The number of pyridine rings is 1. The first-order chi connectivity index (χ1) is 10.2. The fourth-order valence-electron chi connectivity index (χ4n) is 3.90. The SMILES string of the molecule is CC(C)CNCc1cc2c(n(C3CCCC3)c1=O)CCC2. The molecule has 0 radical (unpaired) electrons. The molecule has 0 amide bonds. The smallest absolute Gasteiger partial charge is 0.255 e. The van der Waals surface area contributed by atoms with Crippen molar-refractivity contribution in [2.45, 2.75) is 71.4 Å². The van der Waals surface area contributed by atoms with Crippen molar-refractivity contribution >= 4 is 0 Å². The number of aromatic nitrogens is 1. The van der Waals surface area contributed by atoms with Gasteiger partial charge in [0.25, 0.3) is 5.56 Å². The molecule has 1 aromatic rings. The highest BCUT2D eigenvalue weighted by Crippen LogP contribution is 2.32. The van der Waals surface area contributed by atoms with E-state index in [9.17, 15) is 4.79 Å². The first kappa shape index (κ1) is 14.8. The Bertz CT molecular complexity index is 553. The largest absolute Gasteiger partial charge is 0.312 e. The number of hydrogen-bond acceptors (Lipinski definition) is 2. The summed E-state index contributed by atoms with van der Waals surface area (Å²) in [7, 11) is 0. The van der Waals surface area contributed by atoms with Gasteiger partial charge in [0, 0.05) is 23.8 Å². The summed E-state index contributed by atoms with van der Waals surface area (Å²) in [5, 5.41) is 3.44. The minimum absolute atomic E-state index is 0.277. The number of hydrogen-bond donors (Lipinski definition) is 1. The van der Waals surface area contributed by atoms with Gasteiger partial charge in [0.15, 0.2) is 0 Å². The number of rotatable bonds is 5. The van der Waals surface area contributed by atoms with Gasteiger partial charge in [0.1, 0.15) is 0 Å². The van der Waals surface area contributed by atoms with Gasteiger partial charge in [0.05, 0.1) is 0 Å². The zero-order valence-corrected chi connectivity index (χ0v) is 13.5. The average molecular weight is 288 g/mol. The summed E-state index contributed by atoms with van der Waals surface area (Å²) < 4.78 is 2.18. The van der Waals surface area contributed by atoms with Crippen LogP contribution in [0.25, 0.3) is 0 Å². The minimum atomic E-state index is 0.277. The third kappa shape index (κ3) is 3.08. The molecule has 1 N–H and O–H groups in total. The van der Waals surface area contributed by atoms with Gasteiger partial charge in [-0.05, 0) is 56.2 Å². The fraction of sp³-hybridized carbons (Fsp3) is 0.722. The zero-order chi connectivity index (χ0) is 14.8. The maximum Gasteiger partial charge on any atom is 0.255 e. The molecular formula is C18H28N2O. The minimum Gasteiger partial charge on any atom is -0.312 e. The van der Waals surface area contributed by atoms with Crippen LogP contribution in [-0.4, -0.2) is 11.1 Å². The summed E-state index contributed by atoms with van der Waals surface area (Å²) in [6.07, 6.45) is 8.40. The Morgan fingerprint density at radius 2 is 2.00 bits per heavy atom. The number of aryl methyl sites for hydroxylation is 1. The van der Waals surface area contributed by atoms with Crippen molar-refractivity contribution in [1.82, 2.24) is 9.88 Å². The van der Waals surface area contributed by atoms with Crippen LogP contribution in [0, 0.1) is 5.92 Å². The van der Waals surface area contributed by atoms with Crippen LogP contribution in [-0.2, 0) is 19.4 Å². The maximum atomic E-state index is 12.9. The molecule has 0 bridgehead atoms. The predicted molar refractivity (Wildman–Crippen MR) is 86.8 cm³/mol. The lowest BCUT2D eigenvalue weighted by molar-refractivity contribution is 0.478. The van der Waals surface area contributed by atoms with Gasteiger partial charge in [-0.2, -0.15) is 0 Å². The van der Waals surface area contributed by atoms with E-state index in [1.54, 1.807) is 0 Å². The maximum absolute atomic E-state index is 12.9. The summed E-state index contributed by atoms with van der Waals surface area (Å²) in [4.78, 5) is 12.9. The lowest BCUT2D eigenvalue weighted by atomic mass is 10.1. The van der Waals surface area contributed by atoms with Gasteiger partial charge >= 0.3 is 0 Å². The van der Waals surface area contributed by atoms with E-state index in [4.69, 9.17) is 0 Å². The van der Waals surface area contributed by atoms with Crippen molar-refractivity contribution < 1.29 is 0 Å². The Balaban J connectivity index is 1.90. The molecule has 2 aliphatic rings. The first-order valence-electron chi connectivity index (χ1n) is 8.63. The van der Waals surface area contributed by atoms with Gasteiger partial charge in [-0.15, -0.1) is 0 Å². The van der Waals surface area contributed by atoms with Crippen LogP contribution in [0.4, 0.5) is 0 Å². The molecule has 1 fully saturated rings. The number of fused-ring (bicyclic) bond motifs is 1. The summed E-state index contributed by atoms with van der Waals surface area (Å²) in [6.45, 7) is 6.09. The van der Waals surface area contributed by atoms with E-state index in [2.05, 4.69) is 29.8 Å². The van der Waals surface area contributed by atoms with E-state index in [1.807, 2.05) is 0 Å². The highest BCUT2D eigenvalue weighted by Gasteiger charge is 2.25. The number of nitrogens with one attached hydrogen (secondary N) is 1. The van der Waals surface area contributed by atoms with E-state index in [1.165, 1.54) is 43.4 Å². The molecule has 116 valence electrons. The topological polar surface area (TPSA) is 34.0 Å². The van der Waals surface area contributed by atoms with Crippen molar-refractivity contribution in [3.63, 3.8) is 0 Å².